The van der Waals surface area contributed by atoms with E-state index in [9.17, 15) is 18.0 Å². The van der Waals surface area contributed by atoms with Crippen molar-refractivity contribution in [1.82, 2.24) is 4.90 Å². The first-order chi connectivity index (χ1) is 9.23. The molecule has 0 aromatic heterocycles. The third-order valence-electron chi connectivity index (χ3n) is 2.43. The maximum Gasteiger partial charge on any atom is 0.401 e. The summed E-state index contributed by atoms with van der Waals surface area (Å²) in [5.74, 6) is -0.527. The van der Waals surface area contributed by atoms with Crippen LogP contribution in [0.1, 0.15) is 10.4 Å². The summed E-state index contributed by atoms with van der Waals surface area (Å²) in [5.41, 5.74) is 0.171. The van der Waals surface area contributed by atoms with Gasteiger partial charge in [0.25, 0.3) is 0 Å². The fourth-order valence-electron chi connectivity index (χ4n) is 1.57. The van der Waals surface area contributed by atoms with E-state index in [0.29, 0.717) is 0 Å². The molecule has 0 aliphatic rings. The molecule has 0 fully saturated rings. The molecule has 1 rings (SSSR count). The molecule has 3 nitrogen and oxygen atoms in total. The number of carbonyl (C=O) groups excluding carboxylic acids is 1. The van der Waals surface area contributed by atoms with Gasteiger partial charge in [-0.2, -0.15) is 13.2 Å². The van der Waals surface area contributed by atoms with Crippen LogP contribution in [0.2, 0.25) is 10.0 Å². The van der Waals surface area contributed by atoms with Gasteiger partial charge in [0, 0.05) is 12.1 Å². The van der Waals surface area contributed by atoms with E-state index in [1.807, 2.05) is 0 Å². The van der Waals surface area contributed by atoms with Crippen molar-refractivity contribution in [2.45, 2.75) is 6.18 Å². The Bertz CT molecular complexity index is 480. The number of Topliss-reactive ketones (excluding diaryl/α,β-unsaturated/α-hetero) is 1. The summed E-state index contributed by atoms with van der Waals surface area (Å²) in [7, 11) is 0. The highest BCUT2D eigenvalue weighted by molar-refractivity contribution is 6.42. The summed E-state index contributed by atoms with van der Waals surface area (Å²) >= 11 is 11.4. The van der Waals surface area contributed by atoms with Crippen molar-refractivity contribution in [3.8, 4) is 0 Å². The molecule has 112 valence electrons. The van der Waals surface area contributed by atoms with Gasteiger partial charge < -0.3 is 5.11 Å². The largest absolute Gasteiger partial charge is 0.401 e. The molecule has 1 aromatic carbocycles. The van der Waals surface area contributed by atoms with E-state index >= 15 is 0 Å². The molecular weight excluding hydrogens is 318 g/mol. The van der Waals surface area contributed by atoms with Crippen LogP contribution in [0, 0.1) is 0 Å². The minimum atomic E-state index is -4.44. The molecule has 1 N–H and O–H groups in total. The maximum atomic E-state index is 12.3. The number of aliphatic hydroxyl groups excluding tert-OH is 1. The molecule has 0 heterocycles. The Labute approximate surface area is 123 Å². The molecule has 20 heavy (non-hydrogen) atoms. The van der Waals surface area contributed by atoms with E-state index in [4.69, 9.17) is 28.3 Å². The van der Waals surface area contributed by atoms with Crippen LogP contribution in [-0.4, -0.2) is 48.2 Å². The smallest absolute Gasteiger partial charge is 0.395 e. The number of rotatable bonds is 6. The quantitative estimate of drug-likeness (QED) is 0.815. The maximum absolute atomic E-state index is 12.3. The standard InChI is InChI=1S/C12H12Cl2F3NO2/c13-9-2-1-8(5-10(9)14)11(20)6-18(3-4-19)7-12(15,16)17/h1-2,5,19H,3-4,6-7H2. The summed E-state index contributed by atoms with van der Waals surface area (Å²) in [6.07, 6.45) is -4.44. The van der Waals surface area contributed by atoms with E-state index in [1.165, 1.54) is 18.2 Å². The van der Waals surface area contributed by atoms with E-state index in [0.717, 1.165) is 4.90 Å². The van der Waals surface area contributed by atoms with Crippen molar-refractivity contribution in [2.75, 3.05) is 26.2 Å². The highest BCUT2D eigenvalue weighted by atomic mass is 35.5. The number of carbonyl (C=O) groups is 1. The van der Waals surface area contributed by atoms with Crippen LogP contribution < -0.4 is 0 Å². The number of aliphatic hydroxyl groups is 1. The predicted molar refractivity (Wildman–Crippen MR) is 70.4 cm³/mol. The molecule has 0 unspecified atom stereocenters. The van der Waals surface area contributed by atoms with Crippen LogP contribution >= 0.6 is 23.2 Å². The van der Waals surface area contributed by atoms with Crippen molar-refractivity contribution in [2.24, 2.45) is 0 Å². The lowest BCUT2D eigenvalue weighted by Gasteiger charge is -2.21. The molecule has 0 spiro atoms. The molecule has 0 amide bonds. The normalized spacial score (nSPS) is 11.9. The molecule has 0 bridgehead atoms. The second-order valence-electron chi connectivity index (χ2n) is 4.10. The molecule has 0 aliphatic heterocycles. The van der Waals surface area contributed by atoms with Crippen molar-refractivity contribution in [1.29, 1.82) is 0 Å². The summed E-state index contributed by atoms with van der Waals surface area (Å²) in [5, 5.41) is 9.15. The Morgan fingerprint density at radius 2 is 1.90 bits per heavy atom. The first kappa shape index (κ1) is 17.2. The Kier molecular flexibility index (Phi) is 6.26. The van der Waals surface area contributed by atoms with Gasteiger partial charge in [0.2, 0.25) is 0 Å². The van der Waals surface area contributed by atoms with Crippen LogP contribution in [0.4, 0.5) is 13.2 Å². The van der Waals surface area contributed by atoms with Crippen LogP contribution in [-0.2, 0) is 0 Å². The van der Waals surface area contributed by atoms with Gasteiger partial charge in [-0.05, 0) is 18.2 Å². The van der Waals surface area contributed by atoms with E-state index in [-0.39, 0.29) is 22.2 Å². The zero-order valence-electron chi connectivity index (χ0n) is 10.3. The second-order valence-corrected chi connectivity index (χ2v) is 4.92. The average Bonchev–Trinajstić information content (AvgIpc) is 2.30. The third-order valence-corrected chi connectivity index (χ3v) is 3.17. The zero-order valence-corrected chi connectivity index (χ0v) is 11.8. The number of nitrogens with zero attached hydrogens (tertiary/aromatic N) is 1. The molecule has 0 radical (unpaired) electrons. The first-order valence-electron chi connectivity index (χ1n) is 5.61. The Morgan fingerprint density at radius 1 is 1.25 bits per heavy atom. The molecule has 0 saturated heterocycles. The van der Waals surface area contributed by atoms with Crippen LogP contribution in [0.3, 0.4) is 0 Å². The van der Waals surface area contributed by atoms with Gasteiger partial charge in [0.15, 0.2) is 5.78 Å². The molecular formula is C12H12Cl2F3NO2. The number of ketones is 1. The minimum absolute atomic E-state index is 0.155. The molecule has 0 aliphatic carbocycles. The lowest BCUT2D eigenvalue weighted by atomic mass is 10.1. The number of benzene rings is 1. The van der Waals surface area contributed by atoms with Gasteiger partial charge >= 0.3 is 6.18 Å². The van der Waals surface area contributed by atoms with Gasteiger partial charge in [-0.15, -0.1) is 0 Å². The summed E-state index contributed by atoms with van der Waals surface area (Å²) in [6.45, 7) is -2.43. The summed E-state index contributed by atoms with van der Waals surface area (Å²) < 4.78 is 37.0. The Morgan fingerprint density at radius 3 is 2.40 bits per heavy atom. The average molecular weight is 330 g/mol. The number of hydrogen-bond acceptors (Lipinski definition) is 3. The fourth-order valence-corrected chi connectivity index (χ4v) is 1.87. The topological polar surface area (TPSA) is 40.5 Å². The van der Waals surface area contributed by atoms with Crippen molar-refractivity contribution >= 4 is 29.0 Å². The fraction of sp³-hybridized carbons (Fsp3) is 0.417. The van der Waals surface area contributed by atoms with Gasteiger partial charge in [0.1, 0.15) is 0 Å². The second kappa shape index (κ2) is 7.26. The lowest BCUT2D eigenvalue weighted by molar-refractivity contribution is -0.145. The molecule has 1 aromatic rings. The number of hydrogen-bond donors (Lipinski definition) is 1. The van der Waals surface area contributed by atoms with Gasteiger partial charge in [0.05, 0.1) is 29.7 Å². The number of halogens is 5. The summed E-state index contributed by atoms with van der Waals surface area (Å²) in [6, 6.07) is 4.09. The Hall–Kier alpha value is -0.820. The third kappa shape index (κ3) is 5.66. The van der Waals surface area contributed by atoms with Crippen molar-refractivity contribution in [3.05, 3.63) is 33.8 Å². The first-order valence-corrected chi connectivity index (χ1v) is 6.37. The van der Waals surface area contributed by atoms with E-state index in [1.54, 1.807) is 0 Å². The molecule has 0 atom stereocenters. The predicted octanol–water partition coefficient (Wildman–Crippen LogP) is 3.03. The van der Waals surface area contributed by atoms with Crippen molar-refractivity contribution in [3.63, 3.8) is 0 Å². The molecule has 0 saturated carbocycles. The zero-order chi connectivity index (χ0) is 15.3. The van der Waals surface area contributed by atoms with Crippen LogP contribution in [0.15, 0.2) is 18.2 Å². The van der Waals surface area contributed by atoms with Crippen molar-refractivity contribution < 1.29 is 23.1 Å². The number of alkyl halides is 3. The lowest BCUT2D eigenvalue weighted by Crippen LogP contribution is -2.39. The van der Waals surface area contributed by atoms with Crippen LogP contribution in [0.25, 0.3) is 0 Å². The summed E-state index contributed by atoms with van der Waals surface area (Å²) in [4.78, 5) is 12.7. The Balaban J connectivity index is 2.77. The SMILES string of the molecule is O=C(CN(CCO)CC(F)(F)F)c1ccc(Cl)c(Cl)c1. The van der Waals surface area contributed by atoms with E-state index in [2.05, 4.69) is 0 Å². The van der Waals surface area contributed by atoms with Gasteiger partial charge in [-0.3, -0.25) is 9.69 Å². The molecule has 8 heteroatoms. The van der Waals surface area contributed by atoms with E-state index < -0.39 is 31.7 Å². The monoisotopic (exact) mass is 329 g/mol. The minimum Gasteiger partial charge on any atom is -0.395 e. The van der Waals surface area contributed by atoms with Gasteiger partial charge in [-0.1, -0.05) is 23.2 Å². The van der Waals surface area contributed by atoms with Gasteiger partial charge in [-0.25, -0.2) is 0 Å². The highest BCUT2D eigenvalue weighted by Crippen LogP contribution is 2.23. The van der Waals surface area contributed by atoms with Crippen LogP contribution in [0.5, 0.6) is 0 Å². The highest BCUT2D eigenvalue weighted by Gasteiger charge is 2.31.